The van der Waals surface area contributed by atoms with E-state index < -0.39 is 0 Å². The molecule has 3 rings (SSSR count). The van der Waals surface area contributed by atoms with Gasteiger partial charge < -0.3 is 5.32 Å². The van der Waals surface area contributed by atoms with Crippen LogP contribution in [0.1, 0.15) is 36.7 Å². The van der Waals surface area contributed by atoms with Crippen molar-refractivity contribution in [2.24, 2.45) is 7.05 Å². The van der Waals surface area contributed by atoms with Crippen molar-refractivity contribution in [1.29, 1.82) is 0 Å². The molecule has 1 saturated heterocycles. The predicted molar refractivity (Wildman–Crippen MR) is 89.0 cm³/mol. The van der Waals surface area contributed by atoms with Crippen molar-refractivity contribution < 1.29 is 4.79 Å². The number of amides is 1. The van der Waals surface area contributed by atoms with Crippen LogP contribution in [-0.2, 0) is 11.8 Å². The van der Waals surface area contributed by atoms with Gasteiger partial charge in [0, 0.05) is 19.4 Å². The first-order valence-electron chi connectivity index (χ1n) is 8.08. The summed E-state index contributed by atoms with van der Waals surface area (Å²) in [6, 6.07) is 6.21. The van der Waals surface area contributed by atoms with Gasteiger partial charge in [-0.15, -0.1) is 0 Å². The van der Waals surface area contributed by atoms with Gasteiger partial charge in [-0.25, -0.2) is 0 Å². The van der Waals surface area contributed by atoms with E-state index in [1.807, 2.05) is 44.6 Å². The third kappa shape index (κ3) is 3.76. The van der Waals surface area contributed by atoms with E-state index in [1.165, 1.54) is 6.42 Å². The fraction of sp³-hybridized carbons (Fsp3) is 0.471. The maximum absolute atomic E-state index is 12.4. The third-order valence-electron chi connectivity index (χ3n) is 4.28. The van der Waals surface area contributed by atoms with Crippen LogP contribution in [0.2, 0.25) is 0 Å². The zero-order chi connectivity index (χ0) is 16.2. The number of rotatable bonds is 4. The van der Waals surface area contributed by atoms with Gasteiger partial charge in [-0.1, -0.05) is 12.5 Å². The van der Waals surface area contributed by atoms with Crippen molar-refractivity contribution in [2.75, 3.05) is 18.4 Å². The van der Waals surface area contributed by atoms with Crippen LogP contribution in [-0.4, -0.2) is 38.7 Å². The quantitative estimate of drug-likeness (QED) is 0.940. The molecule has 1 amide bonds. The minimum absolute atomic E-state index is 0.00364. The standard InChI is InChI=1S/C17H23N5O/c1-13-15(11-21(2)20-13)19-17(23)12-22-10-6-4-8-16(22)14-7-3-5-9-18-14/h3,5,7,9,11,16H,4,6,8,10,12H2,1-2H3,(H,19,23)/t16-/m0/s1. The van der Waals surface area contributed by atoms with Crippen LogP contribution < -0.4 is 5.32 Å². The first-order valence-corrected chi connectivity index (χ1v) is 8.08. The summed E-state index contributed by atoms with van der Waals surface area (Å²) >= 11 is 0. The summed E-state index contributed by atoms with van der Waals surface area (Å²) in [7, 11) is 1.85. The van der Waals surface area contributed by atoms with Crippen LogP contribution in [0.4, 0.5) is 5.69 Å². The highest BCUT2D eigenvalue weighted by Crippen LogP contribution is 2.29. The first-order chi connectivity index (χ1) is 11.1. The lowest BCUT2D eigenvalue weighted by atomic mass is 9.99. The summed E-state index contributed by atoms with van der Waals surface area (Å²) in [6.07, 6.45) is 7.01. The summed E-state index contributed by atoms with van der Waals surface area (Å²) in [5.74, 6) is 0.00364. The number of anilines is 1. The molecule has 3 heterocycles. The van der Waals surface area contributed by atoms with Crippen LogP contribution in [0.3, 0.4) is 0 Å². The smallest absolute Gasteiger partial charge is 0.238 e. The van der Waals surface area contributed by atoms with Crippen molar-refractivity contribution in [3.8, 4) is 0 Å². The van der Waals surface area contributed by atoms with Gasteiger partial charge in [-0.05, 0) is 38.4 Å². The van der Waals surface area contributed by atoms with Crippen molar-refractivity contribution in [2.45, 2.75) is 32.2 Å². The molecule has 122 valence electrons. The molecule has 1 atom stereocenters. The summed E-state index contributed by atoms with van der Waals surface area (Å²) in [4.78, 5) is 19.1. The molecule has 0 aromatic carbocycles. The molecule has 23 heavy (non-hydrogen) atoms. The number of pyridine rings is 1. The van der Waals surface area contributed by atoms with Gasteiger partial charge >= 0.3 is 0 Å². The summed E-state index contributed by atoms with van der Waals surface area (Å²) in [5, 5.41) is 7.22. The molecule has 2 aromatic heterocycles. The summed E-state index contributed by atoms with van der Waals surface area (Å²) < 4.78 is 1.71. The summed E-state index contributed by atoms with van der Waals surface area (Å²) in [5.41, 5.74) is 2.67. The highest BCUT2D eigenvalue weighted by atomic mass is 16.2. The van der Waals surface area contributed by atoms with Crippen LogP contribution in [0.5, 0.6) is 0 Å². The Hall–Kier alpha value is -2.21. The first kappa shape index (κ1) is 15.7. The number of nitrogens with one attached hydrogen (secondary N) is 1. The molecular formula is C17H23N5O. The molecular weight excluding hydrogens is 290 g/mol. The van der Waals surface area contributed by atoms with E-state index in [2.05, 4.69) is 20.3 Å². The van der Waals surface area contributed by atoms with E-state index in [0.29, 0.717) is 6.54 Å². The van der Waals surface area contributed by atoms with Crippen LogP contribution in [0.15, 0.2) is 30.6 Å². The Morgan fingerprint density at radius 3 is 2.96 bits per heavy atom. The second kappa shape index (κ2) is 6.91. The number of carbonyl (C=O) groups is 1. The van der Waals surface area contributed by atoms with Gasteiger partial charge in [0.25, 0.3) is 0 Å². The Morgan fingerprint density at radius 1 is 1.39 bits per heavy atom. The molecule has 1 aliphatic rings. The number of aromatic nitrogens is 3. The van der Waals surface area contributed by atoms with E-state index in [-0.39, 0.29) is 11.9 Å². The number of piperidine rings is 1. The second-order valence-electron chi connectivity index (χ2n) is 6.09. The predicted octanol–water partition coefficient (Wildman–Crippen LogP) is 2.29. The highest BCUT2D eigenvalue weighted by Gasteiger charge is 2.26. The zero-order valence-corrected chi connectivity index (χ0v) is 13.7. The van der Waals surface area contributed by atoms with Gasteiger partial charge in [0.15, 0.2) is 0 Å². The molecule has 1 aliphatic heterocycles. The van der Waals surface area contributed by atoms with Crippen LogP contribution in [0, 0.1) is 6.92 Å². The lowest BCUT2D eigenvalue weighted by molar-refractivity contribution is -0.118. The average Bonchev–Trinajstić information content (AvgIpc) is 2.86. The maximum Gasteiger partial charge on any atom is 0.238 e. The van der Waals surface area contributed by atoms with Gasteiger partial charge in [-0.3, -0.25) is 19.4 Å². The Balaban J connectivity index is 1.67. The number of carbonyl (C=O) groups excluding carboxylic acids is 1. The van der Waals surface area contributed by atoms with E-state index in [4.69, 9.17) is 0 Å². The molecule has 2 aromatic rings. The molecule has 6 heteroatoms. The van der Waals surface area contributed by atoms with E-state index >= 15 is 0 Å². The second-order valence-corrected chi connectivity index (χ2v) is 6.09. The van der Waals surface area contributed by atoms with Crippen molar-refractivity contribution >= 4 is 11.6 Å². The molecule has 0 spiro atoms. The van der Waals surface area contributed by atoms with Gasteiger partial charge in [0.2, 0.25) is 5.91 Å². The molecule has 1 N–H and O–H groups in total. The summed E-state index contributed by atoms with van der Waals surface area (Å²) in [6.45, 7) is 3.21. The van der Waals surface area contributed by atoms with Crippen molar-refractivity contribution in [3.05, 3.63) is 42.0 Å². The number of nitrogens with zero attached hydrogens (tertiary/aromatic N) is 4. The zero-order valence-electron chi connectivity index (χ0n) is 13.7. The number of aryl methyl sites for hydroxylation is 2. The van der Waals surface area contributed by atoms with Crippen molar-refractivity contribution in [1.82, 2.24) is 19.7 Å². The Kier molecular flexibility index (Phi) is 4.71. The SMILES string of the molecule is Cc1nn(C)cc1NC(=O)CN1CCCC[C@H]1c1ccccn1. The molecule has 0 saturated carbocycles. The minimum atomic E-state index is 0.00364. The Bertz CT molecular complexity index is 667. The Morgan fingerprint density at radius 2 is 2.26 bits per heavy atom. The topological polar surface area (TPSA) is 63.1 Å². The lowest BCUT2D eigenvalue weighted by Crippen LogP contribution is -2.39. The number of likely N-dealkylation sites (tertiary alicyclic amines) is 1. The van der Waals surface area contributed by atoms with E-state index in [1.54, 1.807) is 4.68 Å². The molecule has 1 fully saturated rings. The normalized spacial score (nSPS) is 18.8. The Labute approximate surface area is 136 Å². The van der Waals surface area contributed by atoms with Gasteiger partial charge in [0.1, 0.15) is 0 Å². The highest BCUT2D eigenvalue weighted by molar-refractivity contribution is 5.92. The van der Waals surface area contributed by atoms with E-state index in [0.717, 1.165) is 36.5 Å². The minimum Gasteiger partial charge on any atom is -0.322 e. The largest absolute Gasteiger partial charge is 0.322 e. The molecule has 0 unspecified atom stereocenters. The third-order valence-corrected chi connectivity index (χ3v) is 4.28. The molecule has 0 radical (unpaired) electrons. The van der Waals surface area contributed by atoms with Crippen LogP contribution >= 0.6 is 0 Å². The molecule has 6 nitrogen and oxygen atoms in total. The van der Waals surface area contributed by atoms with Gasteiger partial charge in [-0.2, -0.15) is 5.10 Å². The maximum atomic E-state index is 12.4. The monoisotopic (exact) mass is 313 g/mol. The number of hydrogen-bond donors (Lipinski definition) is 1. The lowest BCUT2D eigenvalue weighted by Gasteiger charge is -2.34. The average molecular weight is 313 g/mol. The van der Waals surface area contributed by atoms with Gasteiger partial charge in [0.05, 0.1) is 29.7 Å². The van der Waals surface area contributed by atoms with Crippen molar-refractivity contribution in [3.63, 3.8) is 0 Å². The molecule has 0 bridgehead atoms. The fourth-order valence-electron chi connectivity index (χ4n) is 3.18. The van der Waals surface area contributed by atoms with E-state index in [9.17, 15) is 4.79 Å². The fourth-order valence-corrected chi connectivity index (χ4v) is 3.18. The van der Waals surface area contributed by atoms with Crippen LogP contribution in [0.25, 0.3) is 0 Å². The molecule has 0 aliphatic carbocycles. The number of hydrogen-bond acceptors (Lipinski definition) is 4.